The second kappa shape index (κ2) is 9.58. The predicted octanol–water partition coefficient (Wildman–Crippen LogP) is 5.77. The number of aryl methyl sites for hydroxylation is 3. The van der Waals surface area contributed by atoms with E-state index in [-0.39, 0.29) is 5.92 Å². The molecule has 1 atom stereocenters. The second-order valence-electron chi connectivity index (χ2n) is 9.82. The summed E-state index contributed by atoms with van der Waals surface area (Å²) in [6.07, 6.45) is 7.60. The first-order valence-electron chi connectivity index (χ1n) is 12.5. The highest BCUT2D eigenvalue weighted by molar-refractivity contribution is 5.81. The lowest BCUT2D eigenvalue weighted by Crippen LogP contribution is -2.37. The van der Waals surface area contributed by atoms with E-state index in [4.69, 9.17) is 9.72 Å². The molecule has 33 heavy (non-hydrogen) atoms. The van der Waals surface area contributed by atoms with E-state index in [1.54, 1.807) is 0 Å². The first-order valence-corrected chi connectivity index (χ1v) is 12.5. The fourth-order valence-electron chi connectivity index (χ4n) is 5.56. The SMILES string of the molecule is Cc1ccc(C)c(OCCCn2c(C3CC(=O)N(C4CCCCC4)C3)nc3ccccc32)c1. The van der Waals surface area contributed by atoms with E-state index < -0.39 is 0 Å². The van der Waals surface area contributed by atoms with Gasteiger partial charge in [0.1, 0.15) is 11.6 Å². The van der Waals surface area contributed by atoms with Crippen LogP contribution in [0.3, 0.4) is 0 Å². The molecule has 0 radical (unpaired) electrons. The van der Waals surface area contributed by atoms with Gasteiger partial charge in [-0.25, -0.2) is 4.98 Å². The lowest BCUT2D eigenvalue weighted by Gasteiger charge is -2.31. The molecule has 1 aliphatic heterocycles. The third-order valence-electron chi connectivity index (χ3n) is 7.35. The molecule has 5 rings (SSSR count). The van der Waals surface area contributed by atoms with Crippen LogP contribution in [0.4, 0.5) is 0 Å². The fraction of sp³-hybridized carbons (Fsp3) is 0.500. The molecule has 174 valence electrons. The number of likely N-dealkylation sites (tertiary alicyclic amines) is 1. The number of hydrogen-bond donors (Lipinski definition) is 0. The minimum absolute atomic E-state index is 0.173. The largest absolute Gasteiger partial charge is 0.493 e. The van der Waals surface area contributed by atoms with Crippen LogP contribution < -0.4 is 4.74 Å². The number of ether oxygens (including phenoxy) is 1. The van der Waals surface area contributed by atoms with Crippen LogP contribution in [-0.4, -0.2) is 39.6 Å². The molecule has 1 amide bonds. The fourth-order valence-corrected chi connectivity index (χ4v) is 5.56. The summed E-state index contributed by atoms with van der Waals surface area (Å²) in [5.74, 6) is 2.51. The van der Waals surface area contributed by atoms with Gasteiger partial charge in [-0.3, -0.25) is 4.79 Å². The van der Waals surface area contributed by atoms with E-state index >= 15 is 0 Å². The maximum absolute atomic E-state index is 12.9. The Hall–Kier alpha value is -2.82. The monoisotopic (exact) mass is 445 g/mol. The van der Waals surface area contributed by atoms with E-state index in [1.807, 2.05) is 6.07 Å². The van der Waals surface area contributed by atoms with Gasteiger partial charge in [-0.1, -0.05) is 43.5 Å². The number of imidazole rings is 1. The van der Waals surface area contributed by atoms with Crippen LogP contribution in [0.1, 0.15) is 67.8 Å². The van der Waals surface area contributed by atoms with Crippen molar-refractivity contribution in [3.8, 4) is 5.75 Å². The Morgan fingerprint density at radius 3 is 2.73 bits per heavy atom. The summed E-state index contributed by atoms with van der Waals surface area (Å²) in [5, 5.41) is 0. The number of para-hydroxylation sites is 2. The Morgan fingerprint density at radius 2 is 1.88 bits per heavy atom. The molecular formula is C28H35N3O2. The Labute approximate surface area is 196 Å². The molecule has 1 aliphatic carbocycles. The number of amides is 1. The van der Waals surface area contributed by atoms with Crippen LogP contribution in [0.5, 0.6) is 5.75 Å². The Balaban J connectivity index is 1.31. The maximum Gasteiger partial charge on any atom is 0.223 e. The summed E-state index contributed by atoms with van der Waals surface area (Å²) in [5.41, 5.74) is 4.56. The van der Waals surface area contributed by atoms with Crippen molar-refractivity contribution in [2.45, 2.75) is 77.3 Å². The Kier molecular flexibility index (Phi) is 6.39. The number of nitrogens with zero attached hydrogens (tertiary/aromatic N) is 3. The molecule has 2 fully saturated rings. The summed E-state index contributed by atoms with van der Waals surface area (Å²) in [6.45, 7) is 6.50. The van der Waals surface area contributed by atoms with Crippen molar-refractivity contribution in [1.29, 1.82) is 0 Å². The molecule has 1 unspecified atom stereocenters. The van der Waals surface area contributed by atoms with Crippen LogP contribution in [0.15, 0.2) is 42.5 Å². The highest BCUT2D eigenvalue weighted by Gasteiger charge is 2.37. The number of fused-ring (bicyclic) bond motifs is 1. The molecular weight excluding hydrogens is 410 g/mol. The number of rotatable bonds is 7. The van der Waals surface area contributed by atoms with Gasteiger partial charge >= 0.3 is 0 Å². The van der Waals surface area contributed by atoms with Gasteiger partial charge in [0.15, 0.2) is 0 Å². The van der Waals surface area contributed by atoms with Crippen LogP contribution >= 0.6 is 0 Å². The summed E-state index contributed by atoms with van der Waals surface area (Å²) in [4.78, 5) is 20.1. The highest BCUT2D eigenvalue weighted by Crippen LogP contribution is 2.34. The van der Waals surface area contributed by atoms with Gasteiger partial charge < -0.3 is 14.2 Å². The average molecular weight is 446 g/mol. The lowest BCUT2D eigenvalue weighted by atomic mass is 9.94. The summed E-state index contributed by atoms with van der Waals surface area (Å²) >= 11 is 0. The van der Waals surface area contributed by atoms with Crippen molar-refractivity contribution < 1.29 is 9.53 Å². The molecule has 2 aromatic carbocycles. The molecule has 2 heterocycles. The smallest absolute Gasteiger partial charge is 0.223 e. The molecule has 1 saturated carbocycles. The van der Waals surface area contributed by atoms with E-state index in [9.17, 15) is 4.79 Å². The van der Waals surface area contributed by atoms with Crippen LogP contribution in [0, 0.1) is 13.8 Å². The van der Waals surface area contributed by atoms with Gasteiger partial charge in [0, 0.05) is 31.5 Å². The minimum Gasteiger partial charge on any atom is -0.493 e. The van der Waals surface area contributed by atoms with Crippen molar-refractivity contribution in [1.82, 2.24) is 14.5 Å². The number of aromatic nitrogens is 2. The van der Waals surface area contributed by atoms with Crippen LogP contribution in [0.25, 0.3) is 11.0 Å². The number of benzene rings is 2. The van der Waals surface area contributed by atoms with Gasteiger partial charge in [-0.15, -0.1) is 0 Å². The van der Waals surface area contributed by atoms with Gasteiger partial charge in [0.2, 0.25) is 5.91 Å². The van der Waals surface area contributed by atoms with Gasteiger partial charge in [0.25, 0.3) is 0 Å². The van der Waals surface area contributed by atoms with Crippen LogP contribution in [-0.2, 0) is 11.3 Å². The maximum atomic E-state index is 12.9. The number of carbonyl (C=O) groups excluding carboxylic acids is 1. The zero-order chi connectivity index (χ0) is 22.8. The summed E-state index contributed by atoms with van der Waals surface area (Å²) in [6, 6.07) is 15.1. The molecule has 0 bridgehead atoms. The quantitative estimate of drug-likeness (QED) is 0.434. The van der Waals surface area contributed by atoms with E-state index in [2.05, 4.69) is 59.7 Å². The molecule has 1 aromatic heterocycles. The first-order chi connectivity index (χ1) is 16.1. The third-order valence-corrected chi connectivity index (χ3v) is 7.35. The van der Waals surface area contributed by atoms with Gasteiger partial charge in [0.05, 0.1) is 17.6 Å². The van der Waals surface area contributed by atoms with Gasteiger partial charge in [-0.05, 0) is 62.4 Å². The zero-order valence-corrected chi connectivity index (χ0v) is 19.9. The molecule has 3 aromatic rings. The third kappa shape index (κ3) is 4.64. The van der Waals surface area contributed by atoms with E-state index in [0.29, 0.717) is 25.0 Å². The predicted molar refractivity (Wildman–Crippen MR) is 132 cm³/mol. The highest BCUT2D eigenvalue weighted by atomic mass is 16.5. The van der Waals surface area contributed by atoms with E-state index in [1.165, 1.54) is 30.4 Å². The summed E-state index contributed by atoms with van der Waals surface area (Å²) < 4.78 is 8.45. The molecule has 2 aliphatic rings. The van der Waals surface area contributed by atoms with E-state index in [0.717, 1.165) is 55.0 Å². The van der Waals surface area contributed by atoms with Gasteiger partial charge in [-0.2, -0.15) is 0 Å². The minimum atomic E-state index is 0.173. The van der Waals surface area contributed by atoms with Crippen molar-refractivity contribution in [3.63, 3.8) is 0 Å². The molecule has 0 N–H and O–H groups in total. The average Bonchev–Trinajstić information content (AvgIpc) is 3.40. The second-order valence-corrected chi connectivity index (χ2v) is 9.82. The topological polar surface area (TPSA) is 47.4 Å². The molecule has 5 heteroatoms. The van der Waals surface area contributed by atoms with Crippen molar-refractivity contribution in [2.75, 3.05) is 13.2 Å². The Bertz CT molecular complexity index is 1130. The van der Waals surface area contributed by atoms with Crippen molar-refractivity contribution in [2.24, 2.45) is 0 Å². The Morgan fingerprint density at radius 1 is 1.06 bits per heavy atom. The van der Waals surface area contributed by atoms with Crippen LogP contribution in [0.2, 0.25) is 0 Å². The van der Waals surface area contributed by atoms with Crippen molar-refractivity contribution in [3.05, 3.63) is 59.4 Å². The number of carbonyl (C=O) groups is 1. The standard InChI is InChI=1S/C28H35N3O2/c1-20-13-14-21(2)26(17-20)33-16-8-15-30-25-12-7-6-11-24(25)29-28(30)22-18-27(32)31(19-22)23-9-4-3-5-10-23/h6-7,11-14,17,22-23H,3-5,8-10,15-16,18-19H2,1-2H3. The number of hydrogen-bond acceptors (Lipinski definition) is 3. The summed E-state index contributed by atoms with van der Waals surface area (Å²) in [7, 11) is 0. The lowest BCUT2D eigenvalue weighted by molar-refractivity contribution is -0.130. The zero-order valence-electron chi connectivity index (χ0n) is 19.9. The normalized spacial score (nSPS) is 19.5. The van der Waals surface area contributed by atoms with Crippen molar-refractivity contribution >= 4 is 16.9 Å². The molecule has 5 nitrogen and oxygen atoms in total. The molecule has 0 spiro atoms. The molecule has 1 saturated heterocycles. The first kappa shape index (κ1) is 22.0.